The Morgan fingerprint density at radius 2 is 1.75 bits per heavy atom. The quantitative estimate of drug-likeness (QED) is 0.591. The second-order valence-corrected chi connectivity index (χ2v) is 10.3. The van der Waals surface area contributed by atoms with E-state index in [4.69, 9.17) is 0 Å². The van der Waals surface area contributed by atoms with E-state index in [1.54, 1.807) is 61.0 Å². The number of piperazine rings is 1. The Bertz CT molecular complexity index is 1240. The molecule has 0 unspecified atom stereocenters. The van der Waals surface area contributed by atoms with Crippen molar-refractivity contribution in [1.82, 2.24) is 18.9 Å². The summed E-state index contributed by atoms with van der Waals surface area (Å²) in [4.78, 5) is 19.3. The Balaban J connectivity index is 1.56. The molecule has 1 amide bonds. The van der Waals surface area contributed by atoms with Crippen LogP contribution in [0.2, 0.25) is 0 Å². The van der Waals surface area contributed by atoms with E-state index in [-0.39, 0.29) is 5.91 Å². The molecule has 0 bridgehead atoms. The van der Waals surface area contributed by atoms with Crippen LogP contribution in [0.1, 0.15) is 29.8 Å². The zero-order valence-electron chi connectivity index (χ0n) is 18.2. The Kier molecular flexibility index (Phi) is 5.65. The average molecular weight is 459 g/mol. The number of nitrogens with zero attached hydrogens (tertiary/aromatic N) is 5. The first-order chi connectivity index (χ1) is 15.0. The van der Waals surface area contributed by atoms with Gasteiger partial charge in [0.15, 0.2) is 5.65 Å². The zero-order valence-corrected chi connectivity index (χ0v) is 19.0. The van der Waals surface area contributed by atoms with Crippen molar-refractivity contribution in [3.63, 3.8) is 0 Å². The van der Waals surface area contributed by atoms with Crippen molar-refractivity contribution in [2.75, 3.05) is 42.7 Å². The first-order valence-corrected chi connectivity index (χ1v) is 12.1. The van der Waals surface area contributed by atoms with Crippen molar-refractivity contribution >= 4 is 33.2 Å². The number of benzene rings is 1. The third kappa shape index (κ3) is 4.59. The minimum atomic E-state index is -3.23. The molecule has 2 N–H and O–H groups in total. The molecule has 4 rings (SSSR count). The van der Waals surface area contributed by atoms with Crippen LogP contribution < -0.4 is 10.2 Å². The largest absolute Gasteiger partial charge is 0.386 e. The van der Waals surface area contributed by atoms with Gasteiger partial charge in [-0.15, -0.1) is 0 Å². The summed E-state index contributed by atoms with van der Waals surface area (Å²) < 4.78 is 26.7. The standard InChI is InChI=1S/C21H26N6O4S/c1-21(2,29)16-6-4-15(5-7-16)20(28)24-17-14-19(27-18(23-17)8-9-22-27)25-10-12-26(13-11-25)32(3,30)31/h4-9,14,29H,10-13H2,1-3H3,(H,23,24,28). The molecule has 0 saturated carbocycles. The van der Waals surface area contributed by atoms with Gasteiger partial charge in [-0.25, -0.2) is 13.4 Å². The number of carbonyl (C=O) groups excluding carboxylic acids is 1. The van der Waals surface area contributed by atoms with Crippen LogP contribution in [0.15, 0.2) is 42.6 Å². The number of carbonyl (C=O) groups is 1. The Labute approximate surface area is 186 Å². The van der Waals surface area contributed by atoms with Gasteiger partial charge in [-0.3, -0.25) is 4.79 Å². The molecule has 0 spiro atoms. The first-order valence-electron chi connectivity index (χ1n) is 10.2. The van der Waals surface area contributed by atoms with Crippen LogP contribution in [0.25, 0.3) is 5.65 Å². The lowest BCUT2D eigenvalue weighted by Crippen LogP contribution is -2.48. The predicted molar refractivity (Wildman–Crippen MR) is 121 cm³/mol. The molecule has 1 aliphatic rings. The van der Waals surface area contributed by atoms with Crippen LogP contribution in [0, 0.1) is 0 Å². The van der Waals surface area contributed by atoms with Crippen LogP contribution in [-0.2, 0) is 15.6 Å². The molecule has 0 atom stereocenters. The van der Waals surface area contributed by atoms with Gasteiger partial charge in [-0.05, 0) is 31.5 Å². The summed E-state index contributed by atoms with van der Waals surface area (Å²) in [5, 5.41) is 17.2. The minimum absolute atomic E-state index is 0.323. The number of nitrogens with one attached hydrogen (secondary N) is 1. The number of rotatable bonds is 5. The normalized spacial score (nSPS) is 15.8. The van der Waals surface area contributed by atoms with Crippen LogP contribution in [-0.4, -0.2) is 70.8 Å². The number of amides is 1. The second-order valence-electron chi connectivity index (χ2n) is 8.34. The molecule has 2 aromatic heterocycles. The maximum absolute atomic E-state index is 12.8. The second kappa shape index (κ2) is 8.15. The van der Waals surface area contributed by atoms with Crippen molar-refractivity contribution < 1.29 is 18.3 Å². The number of anilines is 2. The van der Waals surface area contributed by atoms with E-state index < -0.39 is 15.6 Å². The van der Waals surface area contributed by atoms with E-state index >= 15 is 0 Å². The van der Waals surface area contributed by atoms with E-state index in [1.165, 1.54) is 10.6 Å². The van der Waals surface area contributed by atoms with Gasteiger partial charge in [0.25, 0.3) is 5.91 Å². The van der Waals surface area contributed by atoms with Gasteiger partial charge in [0.2, 0.25) is 10.0 Å². The molecular formula is C21H26N6O4S. The zero-order chi connectivity index (χ0) is 23.1. The summed E-state index contributed by atoms with van der Waals surface area (Å²) in [5.41, 5.74) is 0.736. The number of hydrogen-bond donors (Lipinski definition) is 2. The summed E-state index contributed by atoms with van der Waals surface area (Å²) >= 11 is 0. The molecule has 3 heterocycles. The van der Waals surface area contributed by atoms with Crippen molar-refractivity contribution in [3.8, 4) is 0 Å². The number of aliphatic hydroxyl groups is 1. The number of sulfonamides is 1. The molecule has 10 nitrogen and oxygen atoms in total. The molecule has 170 valence electrons. The molecule has 1 fully saturated rings. The molecule has 1 aromatic carbocycles. The van der Waals surface area contributed by atoms with Crippen molar-refractivity contribution in [2.45, 2.75) is 19.4 Å². The lowest BCUT2D eigenvalue weighted by Gasteiger charge is -2.34. The van der Waals surface area contributed by atoms with Gasteiger partial charge in [-0.2, -0.15) is 13.9 Å². The summed E-state index contributed by atoms with van der Waals surface area (Å²) in [6.45, 7) is 5.11. The van der Waals surface area contributed by atoms with Gasteiger partial charge in [0.05, 0.1) is 18.1 Å². The predicted octanol–water partition coefficient (Wildman–Crippen LogP) is 1.29. The summed E-state index contributed by atoms with van der Waals surface area (Å²) in [6.07, 6.45) is 2.84. The van der Waals surface area contributed by atoms with Crippen LogP contribution >= 0.6 is 0 Å². The SMILES string of the molecule is CC(C)(O)c1ccc(C(=O)Nc2cc(N3CCN(S(C)(=O)=O)CC3)n3nccc3n2)cc1. The molecule has 11 heteroatoms. The lowest BCUT2D eigenvalue weighted by molar-refractivity contribution is 0.0785. The molecule has 1 aliphatic heterocycles. The van der Waals surface area contributed by atoms with Gasteiger partial charge in [-0.1, -0.05) is 12.1 Å². The van der Waals surface area contributed by atoms with E-state index in [1.807, 2.05) is 4.90 Å². The number of fused-ring (bicyclic) bond motifs is 1. The third-order valence-corrected chi connectivity index (χ3v) is 6.77. The molecular weight excluding hydrogens is 432 g/mol. The van der Waals surface area contributed by atoms with Crippen LogP contribution in [0.3, 0.4) is 0 Å². The summed E-state index contributed by atoms with van der Waals surface area (Å²) in [7, 11) is -3.23. The van der Waals surface area contributed by atoms with Crippen molar-refractivity contribution in [3.05, 3.63) is 53.7 Å². The van der Waals surface area contributed by atoms with Gasteiger partial charge in [0.1, 0.15) is 11.6 Å². The molecule has 0 aliphatic carbocycles. The molecule has 3 aromatic rings. The lowest BCUT2D eigenvalue weighted by atomic mass is 9.97. The smallest absolute Gasteiger partial charge is 0.256 e. The van der Waals surface area contributed by atoms with E-state index in [9.17, 15) is 18.3 Å². The fourth-order valence-electron chi connectivity index (χ4n) is 3.65. The van der Waals surface area contributed by atoms with Crippen LogP contribution in [0.5, 0.6) is 0 Å². The van der Waals surface area contributed by atoms with Crippen LogP contribution in [0.4, 0.5) is 11.6 Å². The maximum atomic E-state index is 12.8. The number of hydrogen-bond acceptors (Lipinski definition) is 7. The highest BCUT2D eigenvalue weighted by molar-refractivity contribution is 7.88. The third-order valence-electron chi connectivity index (χ3n) is 5.47. The van der Waals surface area contributed by atoms with E-state index in [0.29, 0.717) is 48.8 Å². The summed E-state index contributed by atoms with van der Waals surface area (Å²) in [5.74, 6) is 0.771. The highest BCUT2D eigenvalue weighted by Gasteiger charge is 2.25. The molecule has 32 heavy (non-hydrogen) atoms. The number of aromatic nitrogens is 3. The fraction of sp³-hybridized carbons (Fsp3) is 0.381. The Morgan fingerprint density at radius 3 is 2.34 bits per heavy atom. The summed E-state index contributed by atoms with van der Waals surface area (Å²) in [6, 6.07) is 10.2. The topological polar surface area (TPSA) is 120 Å². The van der Waals surface area contributed by atoms with Crippen molar-refractivity contribution in [2.24, 2.45) is 0 Å². The highest BCUT2D eigenvalue weighted by Crippen LogP contribution is 2.23. The minimum Gasteiger partial charge on any atom is -0.386 e. The van der Waals surface area contributed by atoms with Gasteiger partial charge < -0.3 is 15.3 Å². The monoisotopic (exact) mass is 458 g/mol. The molecule has 0 radical (unpaired) electrons. The van der Waals surface area contributed by atoms with Crippen molar-refractivity contribution in [1.29, 1.82) is 0 Å². The Hall–Kier alpha value is -3.02. The Morgan fingerprint density at radius 1 is 1.09 bits per heavy atom. The molecule has 1 saturated heterocycles. The van der Waals surface area contributed by atoms with E-state index in [2.05, 4.69) is 15.4 Å². The highest BCUT2D eigenvalue weighted by atomic mass is 32.2. The van der Waals surface area contributed by atoms with E-state index in [0.717, 1.165) is 5.82 Å². The maximum Gasteiger partial charge on any atom is 0.256 e. The first kappa shape index (κ1) is 22.2. The van der Waals surface area contributed by atoms with Gasteiger partial charge >= 0.3 is 0 Å². The average Bonchev–Trinajstić information content (AvgIpc) is 3.21. The van der Waals surface area contributed by atoms with Gasteiger partial charge in [0, 0.05) is 43.9 Å². The fourth-order valence-corrected chi connectivity index (χ4v) is 4.48.